The molecular weight excluding hydrogens is 110 g/mol. The summed E-state index contributed by atoms with van der Waals surface area (Å²) >= 11 is 0. The van der Waals surface area contributed by atoms with E-state index in [0.717, 1.165) is 13.0 Å². The third-order valence-electron chi connectivity index (χ3n) is 1.55. The molecule has 1 heteroatoms. The average molecular weight is 127 g/mol. The minimum atomic E-state index is 0.665. The van der Waals surface area contributed by atoms with Crippen LogP contribution in [0.3, 0.4) is 0 Å². The monoisotopic (exact) mass is 127 g/mol. The van der Waals surface area contributed by atoms with Gasteiger partial charge in [-0.3, -0.25) is 0 Å². The number of hydrogen-bond donors (Lipinski definition) is 1. The summed E-state index contributed by atoms with van der Waals surface area (Å²) in [5.41, 5.74) is 6.87. The molecule has 0 aliphatic carbocycles. The van der Waals surface area contributed by atoms with Crippen molar-refractivity contribution < 1.29 is 0 Å². The summed E-state index contributed by atoms with van der Waals surface area (Å²) in [7, 11) is 0. The van der Waals surface area contributed by atoms with Gasteiger partial charge >= 0.3 is 0 Å². The molecule has 0 unspecified atom stereocenters. The summed E-state index contributed by atoms with van der Waals surface area (Å²) in [6, 6.07) is 0. The van der Waals surface area contributed by atoms with E-state index in [9.17, 15) is 0 Å². The van der Waals surface area contributed by atoms with Gasteiger partial charge in [-0.05, 0) is 25.8 Å². The molecule has 0 saturated carbocycles. The van der Waals surface area contributed by atoms with Gasteiger partial charge in [-0.1, -0.05) is 25.5 Å². The zero-order valence-electron chi connectivity index (χ0n) is 6.65. The Morgan fingerprint density at radius 2 is 2.11 bits per heavy atom. The van der Waals surface area contributed by atoms with Crippen LogP contribution < -0.4 is 5.73 Å². The van der Waals surface area contributed by atoms with Crippen LogP contribution in [0.5, 0.6) is 0 Å². The van der Waals surface area contributed by atoms with Crippen LogP contribution in [0.1, 0.15) is 27.2 Å². The maximum atomic E-state index is 5.40. The fourth-order valence-corrected chi connectivity index (χ4v) is 0.933. The molecule has 0 aromatic carbocycles. The Balaban J connectivity index is 3.70. The van der Waals surface area contributed by atoms with Crippen LogP contribution in [0.15, 0.2) is 11.6 Å². The van der Waals surface area contributed by atoms with Gasteiger partial charge in [0.2, 0.25) is 0 Å². The van der Waals surface area contributed by atoms with Crippen LogP contribution in [-0.4, -0.2) is 6.54 Å². The molecule has 0 atom stereocenters. The normalized spacial score (nSPS) is 12.8. The van der Waals surface area contributed by atoms with E-state index in [2.05, 4.69) is 26.8 Å². The molecule has 54 valence electrons. The van der Waals surface area contributed by atoms with Crippen molar-refractivity contribution in [3.8, 4) is 0 Å². The fraction of sp³-hybridized carbons (Fsp3) is 0.750. The quantitative estimate of drug-likeness (QED) is 0.576. The number of allylic oxidation sites excluding steroid dienone is 1. The Morgan fingerprint density at radius 3 is 2.22 bits per heavy atom. The van der Waals surface area contributed by atoms with Gasteiger partial charge in [0.05, 0.1) is 0 Å². The second-order valence-electron chi connectivity index (χ2n) is 2.56. The Hall–Kier alpha value is -0.300. The molecule has 0 spiro atoms. The van der Waals surface area contributed by atoms with E-state index in [0.29, 0.717) is 5.92 Å². The third-order valence-corrected chi connectivity index (χ3v) is 1.55. The third kappa shape index (κ3) is 3.31. The van der Waals surface area contributed by atoms with E-state index in [-0.39, 0.29) is 0 Å². The lowest BCUT2D eigenvalue weighted by molar-refractivity contribution is 0.712. The molecule has 0 saturated heterocycles. The van der Waals surface area contributed by atoms with E-state index in [1.165, 1.54) is 5.57 Å². The van der Waals surface area contributed by atoms with Crippen LogP contribution in [0.4, 0.5) is 0 Å². The minimum absolute atomic E-state index is 0.665. The molecule has 0 aliphatic rings. The lowest BCUT2D eigenvalue weighted by atomic mass is 10.0. The van der Waals surface area contributed by atoms with Crippen LogP contribution in [0.25, 0.3) is 0 Å². The minimum Gasteiger partial charge on any atom is -0.330 e. The second kappa shape index (κ2) is 4.57. The summed E-state index contributed by atoms with van der Waals surface area (Å²) in [5.74, 6) is 0.665. The van der Waals surface area contributed by atoms with E-state index in [4.69, 9.17) is 5.73 Å². The maximum Gasteiger partial charge on any atom is -0.00398 e. The van der Waals surface area contributed by atoms with Gasteiger partial charge in [0.1, 0.15) is 0 Å². The molecule has 0 aliphatic heterocycles. The molecule has 2 N–H and O–H groups in total. The summed E-state index contributed by atoms with van der Waals surface area (Å²) in [5, 5.41) is 0. The lowest BCUT2D eigenvalue weighted by Gasteiger charge is -2.07. The predicted octanol–water partition coefficient (Wildman–Crippen LogP) is 1.94. The molecule has 0 aromatic rings. The van der Waals surface area contributed by atoms with E-state index < -0.39 is 0 Å². The molecule has 0 bridgehead atoms. The highest BCUT2D eigenvalue weighted by molar-refractivity contribution is 5.02. The first-order chi connectivity index (χ1) is 4.22. The zero-order chi connectivity index (χ0) is 7.28. The molecular formula is C8H17N. The standard InChI is InChI=1S/C8H17N/c1-4-8(5-6-9)7(2)3/h4,7H,5-6,9H2,1-3H3/b8-4-. The second-order valence-corrected chi connectivity index (χ2v) is 2.56. The van der Waals surface area contributed by atoms with Gasteiger partial charge < -0.3 is 5.73 Å². The fourth-order valence-electron chi connectivity index (χ4n) is 0.933. The van der Waals surface area contributed by atoms with Crippen molar-refractivity contribution in [2.45, 2.75) is 27.2 Å². The Labute approximate surface area is 57.9 Å². The van der Waals surface area contributed by atoms with Gasteiger partial charge in [-0.15, -0.1) is 0 Å². The molecule has 0 radical (unpaired) electrons. The molecule has 0 heterocycles. The van der Waals surface area contributed by atoms with Crippen molar-refractivity contribution in [1.29, 1.82) is 0 Å². The molecule has 0 aromatic heterocycles. The highest BCUT2D eigenvalue weighted by Gasteiger charge is 1.98. The van der Waals surface area contributed by atoms with Crippen molar-refractivity contribution in [3.05, 3.63) is 11.6 Å². The lowest BCUT2D eigenvalue weighted by Crippen LogP contribution is -2.03. The molecule has 0 rings (SSSR count). The topological polar surface area (TPSA) is 26.0 Å². The van der Waals surface area contributed by atoms with Crippen LogP contribution in [0.2, 0.25) is 0 Å². The van der Waals surface area contributed by atoms with Gasteiger partial charge in [0, 0.05) is 0 Å². The summed E-state index contributed by atoms with van der Waals surface area (Å²) < 4.78 is 0. The van der Waals surface area contributed by atoms with Crippen molar-refractivity contribution >= 4 is 0 Å². The van der Waals surface area contributed by atoms with Gasteiger partial charge in [0.25, 0.3) is 0 Å². The van der Waals surface area contributed by atoms with Crippen molar-refractivity contribution in [2.24, 2.45) is 11.7 Å². The number of nitrogens with two attached hydrogens (primary N) is 1. The Kier molecular flexibility index (Phi) is 4.41. The molecule has 0 fully saturated rings. The highest BCUT2D eigenvalue weighted by Crippen LogP contribution is 2.11. The van der Waals surface area contributed by atoms with Crippen molar-refractivity contribution in [1.82, 2.24) is 0 Å². The zero-order valence-corrected chi connectivity index (χ0v) is 6.65. The predicted molar refractivity (Wildman–Crippen MR) is 42.3 cm³/mol. The average Bonchev–Trinajstić information content (AvgIpc) is 1.82. The van der Waals surface area contributed by atoms with E-state index >= 15 is 0 Å². The number of rotatable bonds is 3. The van der Waals surface area contributed by atoms with Gasteiger partial charge in [0.15, 0.2) is 0 Å². The van der Waals surface area contributed by atoms with Crippen molar-refractivity contribution in [3.63, 3.8) is 0 Å². The Morgan fingerprint density at radius 1 is 1.56 bits per heavy atom. The van der Waals surface area contributed by atoms with Gasteiger partial charge in [-0.2, -0.15) is 0 Å². The largest absolute Gasteiger partial charge is 0.330 e. The molecule has 9 heavy (non-hydrogen) atoms. The first-order valence-electron chi connectivity index (χ1n) is 3.57. The van der Waals surface area contributed by atoms with Crippen LogP contribution >= 0.6 is 0 Å². The van der Waals surface area contributed by atoms with Gasteiger partial charge in [-0.25, -0.2) is 0 Å². The number of hydrogen-bond acceptors (Lipinski definition) is 1. The van der Waals surface area contributed by atoms with Crippen LogP contribution in [-0.2, 0) is 0 Å². The highest BCUT2D eigenvalue weighted by atomic mass is 14.5. The first kappa shape index (κ1) is 8.70. The SMILES string of the molecule is C/C=C(/CCN)C(C)C. The first-order valence-corrected chi connectivity index (χ1v) is 3.57. The Bertz CT molecular complexity index is 92.7. The van der Waals surface area contributed by atoms with E-state index in [1.54, 1.807) is 0 Å². The van der Waals surface area contributed by atoms with Crippen LogP contribution in [0, 0.1) is 5.92 Å². The maximum absolute atomic E-state index is 5.40. The molecule has 0 amide bonds. The summed E-state index contributed by atoms with van der Waals surface area (Å²) in [4.78, 5) is 0. The summed E-state index contributed by atoms with van der Waals surface area (Å²) in [6.07, 6.45) is 3.21. The smallest absolute Gasteiger partial charge is 0.00398 e. The van der Waals surface area contributed by atoms with Crippen molar-refractivity contribution in [2.75, 3.05) is 6.54 Å². The molecule has 1 nitrogen and oxygen atoms in total. The summed E-state index contributed by atoms with van der Waals surface area (Å²) in [6.45, 7) is 7.25. The van der Waals surface area contributed by atoms with E-state index in [1.807, 2.05) is 0 Å².